The molecule has 1 aromatic carbocycles. The van der Waals surface area contributed by atoms with Gasteiger partial charge in [0.1, 0.15) is 0 Å². The maximum atomic E-state index is 12.8. The molecule has 7 nitrogen and oxygen atoms in total. The van der Waals surface area contributed by atoms with Gasteiger partial charge in [-0.25, -0.2) is 4.52 Å². The normalized spacial score (nSPS) is 24.6. The fraction of sp³-hybridized carbons (Fsp3) is 0.500. The molecule has 7 heteroatoms. The lowest BCUT2D eigenvalue weighted by Gasteiger charge is -2.40. The van der Waals surface area contributed by atoms with E-state index in [1.165, 1.54) is 41.6 Å². The van der Waals surface area contributed by atoms with Gasteiger partial charge in [0.05, 0.1) is 11.2 Å². The van der Waals surface area contributed by atoms with Gasteiger partial charge in [0.25, 0.3) is 0 Å². The van der Waals surface area contributed by atoms with Crippen molar-refractivity contribution in [3.63, 3.8) is 0 Å². The quantitative estimate of drug-likeness (QED) is 0.508. The number of nitrogens with zero attached hydrogens (tertiary/aromatic N) is 5. The lowest BCUT2D eigenvalue weighted by Crippen LogP contribution is -2.52. The molecule has 1 saturated carbocycles. The van der Waals surface area contributed by atoms with Crippen LogP contribution < -0.4 is 4.90 Å². The molecule has 1 unspecified atom stereocenters. The first-order chi connectivity index (χ1) is 18.0. The minimum atomic E-state index is 0.119. The van der Waals surface area contributed by atoms with Crippen molar-refractivity contribution in [2.75, 3.05) is 44.2 Å². The first-order valence-electron chi connectivity index (χ1n) is 13.9. The molecular formula is C30H38N6O. The van der Waals surface area contributed by atoms with Crippen LogP contribution in [-0.4, -0.2) is 76.8 Å². The third kappa shape index (κ3) is 4.65. The predicted octanol–water partition coefficient (Wildman–Crippen LogP) is 4.52. The van der Waals surface area contributed by atoms with Crippen molar-refractivity contribution in [3.05, 3.63) is 54.4 Å². The third-order valence-corrected chi connectivity index (χ3v) is 8.84. The van der Waals surface area contributed by atoms with Gasteiger partial charge in [-0.05, 0) is 81.0 Å². The summed E-state index contributed by atoms with van der Waals surface area (Å²) in [7, 11) is 0. The second-order valence-electron chi connectivity index (χ2n) is 11.4. The summed E-state index contributed by atoms with van der Waals surface area (Å²) in [4.78, 5) is 19.8. The van der Waals surface area contributed by atoms with E-state index < -0.39 is 0 Å². The van der Waals surface area contributed by atoms with Crippen LogP contribution in [0.3, 0.4) is 0 Å². The van der Waals surface area contributed by atoms with Crippen LogP contribution in [0.2, 0.25) is 0 Å². The maximum Gasteiger partial charge on any atom is 0.225 e. The SMILES string of the molecule is CC(C)N1CCC(c2ccc(-c3cc4c(N5CCN(C(=O)[C@H]6C[C@H](C=N)C6)CC5)ccnn4c3)cc2)C1. The van der Waals surface area contributed by atoms with Gasteiger partial charge in [-0.2, -0.15) is 5.10 Å². The van der Waals surface area contributed by atoms with E-state index in [4.69, 9.17) is 5.41 Å². The molecule has 6 rings (SSSR count). The molecule has 3 aromatic rings. The van der Waals surface area contributed by atoms with Crippen LogP contribution in [0.15, 0.2) is 48.8 Å². The molecule has 1 aliphatic carbocycles. The topological polar surface area (TPSA) is 67.9 Å². The van der Waals surface area contributed by atoms with Gasteiger partial charge in [0.2, 0.25) is 5.91 Å². The van der Waals surface area contributed by atoms with Crippen LogP contribution in [0, 0.1) is 17.2 Å². The Morgan fingerprint density at radius 1 is 1.03 bits per heavy atom. The fourth-order valence-electron chi connectivity index (χ4n) is 6.33. The Labute approximate surface area is 219 Å². The van der Waals surface area contributed by atoms with Crippen molar-refractivity contribution in [2.45, 2.75) is 45.1 Å². The van der Waals surface area contributed by atoms with E-state index in [-0.39, 0.29) is 11.8 Å². The molecule has 1 atom stereocenters. The Morgan fingerprint density at radius 3 is 2.46 bits per heavy atom. The number of hydrogen-bond acceptors (Lipinski definition) is 5. The van der Waals surface area contributed by atoms with Crippen molar-refractivity contribution in [1.29, 1.82) is 5.41 Å². The largest absolute Gasteiger partial charge is 0.366 e. The summed E-state index contributed by atoms with van der Waals surface area (Å²) in [6, 6.07) is 14.1. The molecule has 1 N–H and O–H groups in total. The number of nitrogens with one attached hydrogen (secondary N) is 1. The molecule has 4 heterocycles. The van der Waals surface area contributed by atoms with Crippen LogP contribution >= 0.6 is 0 Å². The monoisotopic (exact) mass is 498 g/mol. The zero-order valence-electron chi connectivity index (χ0n) is 22.0. The Bertz CT molecular complexity index is 1270. The zero-order valence-corrected chi connectivity index (χ0v) is 22.0. The van der Waals surface area contributed by atoms with Crippen molar-refractivity contribution in [2.24, 2.45) is 11.8 Å². The average molecular weight is 499 g/mol. The van der Waals surface area contributed by atoms with Crippen molar-refractivity contribution in [1.82, 2.24) is 19.4 Å². The highest BCUT2D eigenvalue weighted by Gasteiger charge is 2.36. The molecule has 3 fully saturated rings. The standard InChI is InChI=1S/C30H38N6O/c1-21(2)35-10-8-25(19-35)23-3-5-24(6-4-23)27-17-29-28(7-9-32-36(29)20-27)33-11-13-34(14-12-33)30(37)26-15-22(16-26)18-31/h3-7,9,17-18,20-22,25-26,31H,8,10-16,19H2,1-2H3/t22-,25?,26-. The first-order valence-corrected chi connectivity index (χ1v) is 13.9. The molecular weight excluding hydrogens is 460 g/mol. The number of amides is 1. The number of piperazine rings is 1. The van der Waals surface area contributed by atoms with Crippen LogP contribution in [0.5, 0.6) is 0 Å². The Kier molecular flexibility index (Phi) is 6.49. The van der Waals surface area contributed by atoms with Gasteiger partial charge in [0.15, 0.2) is 0 Å². The number of rotatable bonds is 6. The van der Waals surface area contributed by atoms with E-state index in [9.17, 15) is 4.79 Å². The van der Waals surface area contributed by atoms with Crippen LogP contribution in [0.1, 0.15) is 44.6 Å². The van der Waals surface area contributed by atoms with Crippen molar-refractivity contribution < 1.29 is 4.79 Å². The molecule has 0 radical (unpaired) electrons. The van der Waals surface area contributed by atoms with Gasteiger partial charge in [0, 0.05) is 62.6 Å². The van der Waals surface area contributed by atoms with Gasteiger partial charge in [-0.3, -0.25) is 4.79 Å². The minimum absolute atomic E-state index is 0.119. The van der Waals surface area contributed by atoms with E-state index in [2.05, 4.69) is 71.3 Å². The first kappa shape index (κ1) is 24.2. The van der Waals surface area contributed by atoms with E-state index in [1.54, 1.807) is 0 Å². The third-order valence-electron chi connectivity index (χ3n) is 8.84. The van der Waals surface area contributed by atoms with E-state index >= 15 is 0 Å². The summed E-state index contributed by atoms with van der Waals surface area (Å²) in [5, 5.41) is 12.0. The Balaban J connectivity index is 1.14. The number of benzene rings is 1. The second-order valence-corrected chi connectivity index (χ2v) is 11.4. The summed E-state index contributed by atoms with van der Waals surface area (Å²) in [6.07, 6.45) is 8.42. The molecule has 2 aliphatic heterocycles. The van der Waals surface area contributed by atoms with Crippen molar-refractivity contribution in [3.8, 4) is 11.1 Å². The molecule has 0 spiro atoms. The van der Waals surface area contributed by atoms with Crippen LogP contribution in [0.25, 0.3) is 16.6 Å². The Hall–Kier alpha value is -3.19. The highest BCUT2D eigenvalue weighted by Crippen LogP contribution is 2.35. The number of aromatic nitrogens is 2. The van der Waals surface area contributed by atoms with E-state index in [1.807, 2.05) is 15.6 Å². The fourth-order valence-corrected chi connectivity index (χ4v) is 6.33. The predicted molar refractivity (Wildman–Crippen MR) is 148 cm³/mol. The number of carbonyl (C=O) groups is 1. The number of hydrogen-bond donors (Lipinski definition) is 1. The molecule has 3 aliphatic rings. The summed E-state index contributed by atoms with van der Waals surface area (Å²) >= 11 is 0. The lowest BCUT2D eigenvalue weighted by molar-refractivity contribution is -0.139. The second kappa shape index (κ2) is 9.93. The molecule has 0 bridgehead atoms. The number of fused-ring (bicyclic) bond motifs is 1. The zero-order chi connectivity index (χ0) is 25.5. The van der Waals surface area contributed by atoms with Gasteiger partial charge < -0.3 is 20.1 Å². The molecule has 1 amide bonds. The number of anilines is 1. The van der Waals surface area contributed by atoms with Gasteiger partial charge in [-0.15, -0.1) is 0 Å². The highest BCUT2D eigenvalue weighted by molar-refractivity contribution is 5.83. The summed E-state index contributed by atoms with van der Waals surface area (Å²) < 4.78 is 1.99. The smallest absolute Gasteiger partial charge is 0.225 e. The van der Waals surface area contributed by atoms with Gasteiger partial charge in [-0.1, -0.05) is 24.3 Å². The van der Waals surface area contributed by atoms with Gasteiger partial charge >= 0.3 is 0 Å². The van der Waals surface area contributed by atoms with Crippen LogP contribution in [-0.2, 0) is 4.79 Å². The minimum Gasteiger partial charge on any atom is -0.366 e. The van der Waals surface area contributed by atoms with E-state index in [0.29, 0.717) is 17.9 Å². The summed E-state index contributed by atoms with van der Waals surface area (Å²) in [6.45, 7) is 10.1. The van der Waals surface area contributed by atoms with E-state index in [0.717, 1.165) is 51.1 Å². The maximum absolute atomic E-state index is 12.8. The molecule has 2 aromatic heterocycles. The Morgan fingerprint density at radius 2 is 1.78 bits per heavy atom. The highest BCUT2D eigenvalue weighted by atomic mass is 16.2. The van der Waals surface area contributed by atoms with Crippen molar-refractivity contribution >= 4 is 23.3 Å². The number of likely N-dealkylation sites (tertiary alicyclic amines) is 1. The molecule has 194 valence electrons. The molecule has 2 saturated heterocycles. The summed E-state index contributed by atoms with van der Waals surface area (Å²) in [5.41, 5.74) is 6.13. The number of carbonyl (C=O) groups excluding carboxylic acids is 1. The molecule has 37 heavy (non-hydrogen) atoms. The summed E-state index contributed by atoms with van der Waals surface area (Å²) in [5.74, 6) is 1.33. The lowest BCUT2D eigenvalue weighted by atomic mass is 9.75. The average Bonchev–Trinajstić information content (AvgIpc) is 3.56. The van der Waals surface area contributed by atoms with Crippen LogP contribution in [0.4, 0.5) is 5.69 Å².